The highest BCUT2D eigenvalue weighted by Crippen LogP contribution is 2.18. The highest BCUT2D eigenvalue weighted by molar-refractivity contribution is 7.85. The third kappa shape index (κ3) is 6.22. The number of aliphatic carboxylic acids is 1. The summed E-state index contributed by atoms with van der Waals surface area (Å²) in [7, 11) is -1.20. The van der Waals surface area contributed by atoms with Crippen LogP contribution in [0, 0.1) is 0 Å². The average molecular weight is 233 g/mol. The second-order valence-electron chi connectivity index (χ2n) is 3.58. The first kappa shape index (κ1) is 12.2. The lowest BCUT2D eigenvalue weighted by molar-refractivity contribution is -0.136. The first-order valence-corrected chi connectivity index (χ1v) is 6.43. The van der Waals surface area contributed by atoms with Crippen LogP contribution in [-0.2, 0) is 20.4 Å². The lowest BCUT2D eigenvalue weighted by Gasteiger charge is -2.02. The number of hydrogen-bond donors (Lipinski definition) is 2. The van der Waals surface area contributed by atoms with E-state index < -0.39 is 16.8 Å². The van der Waals surface area contributed by atoms with Crippen molar-refractivity contribution in [1.82, 2.24) is 5.32 Å². The van der Waals surface area contributed by atoms with E-state index >= 15 is 0 Å². The Morgan fingerprint density at radius 2 is 1.87 bits per heavy atom. The van der Waals surface area contributed by atoms with Crippen LogP contribution in [0.25, 0.3) is 0 Å². The second-order valence-corrected chi connectivity index (χ2v) is 5.28. The molecule has 0 radical (unpaired) electrons. The highest BCUT2D eigenvalue weighted by atomic mass is 32.2. The molecule has 2 N–H and O–H groups in total. The van der Waals surface area contributed by atoms with Crippen LogP contribution in [0.4, 0.5) is 0 Å². The Kier molecular flexibility index (Phi) is 4.74. The van der Waals surface area contributed by atoms with Crippen molar-refractivity contribution in [3.63, 3.8) is 0 Å². The summed E-state index contributed by atoms with van der Waals surface area (Å²) in [5, 5.41) is 11.1. The van der Waals surface area contributed by atoms with Gasteiger partial charge in [-0.25, -0.2) is 0 Å². The zero-order valence-electron chi connectivity index (χ0n) is 8.40. The van der Waals surface area contributed by atoms with Crippen LogP contribution < -0.4 is 5.32 Å². The number of nitrogens with one attached hydrogen (secondary N) is 1. The number of carbonyl (C=O) groups is 2. The largest absolute Gasteiger partial charge is 0.481 e. The molecule has 86 valence electrons. The minimum absolute atomic E-state index is 0.0822. The van der Waals surface area contributed by atoms with Crippen molar-refractivity contribution in [2.75, 3.05) is 11.5 Å². The van der Waals surface area contributed by atoms with Gasteiger partial charge in [-0.15, -0.1) is 0 Å². The predicted octanol–water partition coefficient (Wildman–Crippen LogP) is -0.122. The number of amides is 1. The van der Waals surface area contributed by atoms with Gasteiger partial charge in [0, 0.05) is 34.8 Å². The molecule has 0 spiro atoms. The van der Waals surface area contributed by atoms with Gasteiger partial charge in [0.25, 0.3) is 0 Å². The summed E-state index contributed by atoms with van der Waals surface area (Å²) < 4.78 is 11.2. The quantitative estimate of drug-likeness (QED) is 0.642. The van der Waals surface area contributed by atoms with Crippen LogP contribution in [0.2, 0.25) is 0 Å². The highest BCUT2D eigenvalue weighted by Gasteiger charge is 2.23. The summed E-state index contributed by atoms with van der Waals surface area (Å²) in [6.07, 6.45) is 2.20. The standard InChI is InChI=1S/C9H15NO4S/c11-8(10-7-1-2-7)3-5-15(14)6-4-9(12)13/h7H,1-6H2,(H,10,11)(H,12,13). The molecule has 5 nitrogen and oxygen atoms in total. The molecule has 1 saturated carbocycles. The molecule has 0 aromatic heterocycles. The smallest absolute Gasteiger partial charge is 0.304 e. The molecule has 0 bridgehead atoms. The van der Waals surface area contributed by atoms with Crippen molar-refractivity contribution in [1.29, 1.82) is 0 Å². The van der Waals surface area contributed by atoms with Crippen LogP contribution in [0.3, 0.4) is 0 Å². The van der Waals surface area contributed by atoms with E-state index in [0.717, 1.165) is 12.8 Å². The SMILES string of the molecule is O=C(O)CCS(=O)CCC(=O)NC1CC1. The second kappa shape index (κ2) is 5.85. The molecule has 1 aliphatic carbocycles. The summed E-state index contributed by atoms with van der Waals surface area (Å²) in [5.74, 6) is -0.648. The summed E-state index contributed by atoms with van der Waals surface area (Å²) in [6.45, 7) is 0. The molecule has 1 aliphatic rings. The Bertz CT molecular complexity index is 275. The van der Waals surface area contributed by atoms with Gasteiger partial charge in [0.2, 0.25) is 5.91 Å². The minimum Gasteiger partial charge on any atom is -0.481 e. The van der Waals surface area contributed by atoms with Crippen molar-refractivity contribution in [3.8, 4) is 0 Å². The summed E-state index contributed by atoms with van der Waals surface area (Å²) in [6, 6.07) is 0.324. The van der Waals surface area contributed by atoms with Gasteiger partial charge in [0.05, 0.1) is 6.42 Å². The fraction of sp³-hybridized carbons (Fsp3) is 0.778. The van der Waals surface area contributed by atoms with Crippen molar-refractivity contribution in [2.45, 2.75) is 31.7 Å². The monoisotopic (exact) mass is 233 g/mol. The molecule has 6 heteroatoms. The lowest BCUT2D eigenvalue weighted by Crippen LogP contribution is -2.26. The molecule has 1 unspecified atom stereocenters. The number of carbonyl (C=O) groups excluding carboxylic acids is 1. The first-order chi connectivity index (χ1) is 7.08. The van der Waals surface area contributed by atoms with Crippen molar-refractivity contribution in [3.05, 3.63) is 0 Å². The van der Waals surface area contributed by atoms with E-state index in [2.05, 4.69) is 5.32 Å². The van der Waals surface area contributed by atoms with Gasteiger partial charge in [-0.3, -0.25) is 13.8 Å². The molecule has 0 aliphatic heterocycles. The molecule has 0 aromatic rings. The Morgan fingerprint density at radius 3 is 2.40 bits per heavy atom. The first-order valence-electron chi connectivity index (χ1n) is 4.94. The van der Waals surface area contributed by atoms with Crippen LogP contribution in [0.5, 0.6) is 0 Å². The number of hydrogen-bond acceptors (Lipinski definition) is 3. The van der Waals surface area contributed by atoms with E-state index in [4.69, 9.17) is 5.11 Å². The summed E-state index contributed by atoms with van der Waals surface area (Å²) in [5.41, 5.74) is 0. The van der Waals surface area contributed by atoms with E-state index in [1.54, 1.807) is 0 Å². The van der Waals surface area contributed by atoms with Crippen molar-refractivity contribution < 1.29 is 18.9 Å². The van der Waals surface area contributed by atoms with Crippen LogP contribution >= 0.6 is 0 Å². The van der Waals surface area contributed by atoms with Crippen LogP contribution in [0.1, 0.15) is 25.7 Å². The number of carboxylic acids is 1. The molecule has 15 heavy (non-hydrogen) atoms. The van der Waals surface area contributed by atoms with Crippen molar-refractivity contribution >= 4 is 22.7 Å². The zero-order chi connectivity index (χ0) is 11.3. The van der Waals surface area contributed by atoms with Gasteiger partial charge in [-0.2, -0.15) is 0 Å². The summed E-state index contributed by atoms with van der Waals surface area (Å²) >= 11 is 0. The molecular formula is C9H15NO4S. The van der Waals surface area contributed by atoms with Crippen LogP contribution in [0.15, 0.2) is 0 Å². The Morgan fingerprint density at radius 1 is 1.27 bits per heavy atom. The predicted molar refractivity (Wildman–Crippen MR) is 55.9 cm³/mol. The summed E-state index contributed by atoms with van der Waals surface area (Å²) in [4.78, 5) is 21.4. The Hall–Kier alpha value is -0.910. The molecule has 1 rings (SSSR count). The third-order valence-corrected chi connectivity index (χ3v) is 3.36. The molecule has 1 amide bonds. The van der Waals surface area contributed by atoms with Gasteiger partial charge in [-0.1, -0.05) is 0 Å². The lowest BCUT2D eigenvalue weighted by atomic mass is 10.4. The molecule has 0 saturated heterocycles. The molecule has 1 atom stereocenters. The average Bonchev–Trinajstić information content (AvgIpc) is 2.95. The van der Waals surface area contributed by atoms with E-state index in [1.807, 2.05) is 0 Å². The fourth-order valence-corrected chi connectivity index (χ4v) is 2.06. The zero-order valence-corrected chi connectivity index (χ0v) is 9.22. The molecular weight excluding hydrogens is 218 g/mol. The normalized spacial score (nSPS) is 17.1. The fourth-order valence-electron chi connectivity index (χ4n) is 1.04. The molecule has 0 aromatic carbocycles. The maximum Gasteiger partial charge on any atom is 0.304 e. The maximum absolute atomic E-state index is 11.2. The number of rotatable bonds is 7. The number of carboxylic acid groups (broad SMARTS) is 1. The van der Waals surface area contributed by atoms with Gasteiger partial charge in [0.15, 0.2) is 0 Å². The van der Waals surface area contributed by atoms with Gasteiger partial charge < -0.3 is 10.4 Å². The van der Waals surface area contributed by atoms with Crippen LogP contribution in [-0.4, -0.2) is 38.7 Å². The Balaban J connectivity index is 2.04. The molecule has 0 heterocycles. The van der Waals surface area contributed by atoms with E-state index in [-0.39, 0.29) is 30.3 Å². The maximum atomic E-state index is 11.2. The minimum atomic E-state index is -1.20. The Labute approximate surface area is 90.7 Å². The molecule has 1 fully saturated rings. The topological polar surface area (TPSA) is 83.5 Å². The van der Waals surface area contributed by atoms with E-state index in [1.165, 1.54) is 0 Å². The third-order valence-electron chi connectivity index (χ3n) is 2.04. The van der Waals surface area contributed by atoms with Crippen molar-refractivity contribution in [2.24, 2.45) is 0 Å². The van der Waals surface area contributed by atoms with Gasteiger partial charge >= 0.3 is 5.97 Å². The van der Waals surface area contributed by atoms with Gasteiger partial charge in [0.1, 0.15) is 0 Å². The van der Waals surface area contributed by atoms with E-state index in [0.29, 0.717) is 6.04 Å². The van der Waals surface area contributed by atoms with E-state index in [9.17, 15) is 13.8 Å². The van der Waals surface area contributed by atoms with Gasteiger partial charge in [-0.05, 0) is 12.8 Å².